The number of nitrogens with zero attached hydrogens (tertiary/aromatic N) is 8. The second kappa shape index (κ2) is 29.7. The van der Waals surface area contributed by atoms with Crippen molar-refractivity contribution < 1.29 is 33.4 Å². The number of carbonyl (C=O) groups is 4. The highest BCUT2D eigenvalue weighted by Gasteiger charge is 2.44. The number of hydrogen-bond acceptors (Lipinski definition) is 14. The van der Waals surface area contributed by atoms with Crippen LogP contribution < -0.4 is 26.0 Å². The molecular weight excluding hydrogens is 1070 g/mol. The Morgan fingerprint density at radius 3 is 2.43 bits per heavy atom. The van der Waals surface area contributed by atoms with Crippen LogP contribution in [0.4, 0.5) is 21.6 Å². The summed E-state index contributed by atoms with van der Waals surface area (Å²) < 4.78 is 22.1. The molecule has 0 unspecified atom stereocenters. The molecule has 1 aliphatic rings. The fourth-order valence-electron chi connectivity index (χ4n) is 9.74. The summed E-state index contributed by atoms with van der Waals surface area (Å²) >= 11 is 7.62. The molecule has 0 bridgehead atoms. The first kappa shape index (κ1) is 61.7. The number of ether oxygens (including phenoxy) is 1. The standard InChI is InChI=1S/C60H78ClFN12O6S/c1-8-72(9-2)28-18-21-53(76)68-50-33-46-49(63-37-64-57(46)67-43-26-27-48(62)47(61)31-43)34-52(50)80-30-17-13-14-19-44-35-73(71-70-44)29-16-12-10-11-15-20-54(77)69-56(60(5,6)7)59(79)74-36-45(75)32-51(74)58(78)66-39(3)41-22-24-42(25-23-41)55-40(4)65-38-81-55/h18,21-27,31,33-35,37-39,45,51,56,75H,8-17,19-20,28-30,32,36H2,1-7H3,(H,66,78)(H,68,76)(H,69,77)(H,63,64,67)/b21-18+/t39-,45-,51+,56-/m1/s1. The third-order valence-corrected chi connectivity index (χ3v) is 15.7. The van der Waals surface area contributed by atoms with Gasteiger partial charge in [-0.3, -0.25) is 23.9 Å². The van der Waals surface area contributed by atoms with Crippen molar-refractivity contribution in [1.82, 2.24) is 50.4 Å². The highest BCUT2D eigenvalue weighted by Crippen LogP contribution is 2.35. The fraction of sp³-hybridized carbons (Fsp3) is 0.483. The van der Waals surface area contributed by atoms with Crippen molar-refractivity contribution in [2.75, 3.05) is 43.4 Å². The van der Waals surface area contributed by atoms with Crippen LogP contribution in [-0.4, -0.2) is 119 Å². The van der Waals surface area contributed by atoms with Crippen LogP contribution in [0.2, 0.25) is 5.02 Å². The van der Waals surface area contributed by atoms with Gasteiger partial charge in [-0.15, -0.1) is 16.4 Å². The number of fused-ring (bicyclic) bond motifs is 1. The molecule has 3 aromatic carbocycles. The Morgan fingerprint density at radius 1 is 0.951 bits per heavy atom. The van der Waals surface area contributed by atoms with Crippen molar-refractivity contribution in [3.05, 3.63) is 113 Å². The van der Waals surface area contributed by atoms with Gasteiger partial charge in [0.05, 0.1) is 56.8 Å². The predicted octanol–water partition coefficient (Wildman–Crippen LogP) is 10.5. The number of aryl methyl sites for hydroxylation is 3. The molecule has 0 aliphatic carbocycles. The molecule has 0 saturated carbocycles. The van der Waals surface area contributed by atoms with E-state index in [0.29, 0.717) is 53.4 Å². The van der Waals surface area contributed by atoms with Gasteiger partial charge in [0.2, 0.25) is 23.6 Å². The number of anilines is 3. The smallest absolute Gasteiger partial charge is 0.248 e. The topological polar surface area (TPSA) is 222 Å². The van der Waals surface area contributed by atoms with Crippen LogP contribution in [0.1, 0.15) is 129 Å². The highest BCUT2D eigenvalue weighted by molar-refractivity contribution is 7.13. The Morgan fingerprint density at radius 2 is 1.70 bits per heavy atom. The van der Waals surface area contributed by atoms with Crippen LogP contribution in [0.15, 0.2) is 84.8 Å². The summed E-state index contributed by atoms with van der Waals surface area (Å²) in [5, 5.41) is 32.2. The zero-order valence-corrected chi connectivity index (χ0v) is 49.2. The zero-order valence-electron chi connectivity index (χ0n) is 47.6. The number of likely N-dealkylation sites (tertiary alicyclic amines) is 1. The van der Waals surface area contributed by atoms with Gasteiger partial charge in [-0.2, -0.15) is 0 Å². The Balaban J connectivity index is 0.806. The maximum absolute atomic E-state index is 14.2. The van der Waals surface area contributed by atoms with Gasteiger partial charge in [0.25, 0.3) is 0 Å². The van der Waals surface area contributed by atoms with Gasteiger partial charge in [0, 0.05) is 61.9 Å². The van der Waals surface area contributed by atoms with E-state index in [2.05, 4.69) is 65.3 Å². The van der Waals surface area contributed by atoms with Gasteiger partial charge in [0.15, 0.2) is 0 Å². The van der Waals surface area contributed by atoms with Gasteiger partial charge in [-0.25, -0.2) is 19.3 Å². The molecule has 4 amide bonds. The number of hydrogen-bond donors (Lipinski definition) is 5. The van der Waals surface area contributed by atoms with Gasteiger partial charge >= 0.3 is 0 Å². The van der Waals surface area contributed by atoms with Gasteiger partial charge in [-0.05, 0) is 106 Å². The van der Waals surface area contributed by atoms with Gasteiger partial charge in [-0.1, -0.05) is 101 Å². The second-order valence-electron chi connectivity index (χ2n) is 21.8. The van der Waals surface area contributed by atoms with Crippen molar-refractivity contribution in [2.24, 2.45) is 5.41 Å². The first-order valence-electron chi connectivity index (χ1n) is 28.2. The number of aliphatic hydroxyl groups is 1. The van der Waals surface area contributed by atoms with Crippen LogP contribution in [0, 0.1) is 18.2 Å². The van der Waals surface area contributed by atoms with E-state index < -0.39 is 29.4 Å². The number of amides is 4. The molecule has 4 atom stereocenters. The Kier molecular flexibility index (Phi) is 22.7. The first-order chi connectivity index (χ1) is 38.9. The van der Waals surface area contributed by atoms with E-state index in [4.69, 9.17) is 16.3 Å². The fourth-order valence-corrected chi connectivity index (χ4v) is 10.7. The minimum absolute atomic E-state index is 0.0120. The number of aromatic nitrogens is 6. The number of thiazole rings is 1. The summed E-state index contributed by atoms with van der Waals surface area (Å²) in [6, 6.07) is 13.7. The number of carbonyl (C=O) groups excluding carboxylic acids is 4. The average Bonchev–Trinajstić information content (AvgIpc) is 4.20. The summed E-state index contributed by atoms with van der Waals surface area (Å²) in [6.07, 6.45) is 13.9. The molecule has 4 heterocycles. The van der Waals surface area contributed by atoms with Crippen molar-refractivity contribution in [3.8, 4) is 16.2 Å². The minimum Gasteiger partial charge on any atom is -0.491 e. The average molecular weight is 1150 g/mol. The van der Waals surface area contributed by atoms with Crippen LogP contribution in [-0.2, 0) is 32.1 Å². The van der Waals surface area contributed by atoms with E-state index in [1.54, 1.807) is 29.5 Å². The van der Waals surface area contributed by atoms with E-state index in [1.807, 2.05) is 81.3 Å². The number of benzene rings is 3. The SMILES string of the molecule is CCN(CC)C/C=C/C(=O)Nc1cc2c(Nc3ccc(F)c(Cl)c3)ncnc2cc1OCCCCCc1cn(CCCCCCCC(=O)N[C@H](C(=O)N2C[C@H](O)C[C@H]2C(=O)N[C@H](C)c2ccc(-c3scnc3C)cc2)C(C)(C)C)nn1. The van der Waals surface area contributed by atoms with Crippen LogP contribution in [0.25, 0.3) is 21.3 Å². The Hall–Kier alpha value is -6.87. The number of halogens is 2. The zero-order chi connectivity index (χ0) is 58.1. The summed E-state index contributed by atoms with van der Waals surface area (Å²) in [5.74, 6) is -0.858. The summed E-state index contributed by atoms with van der Waals surface area (Å²) in [7, 11) is 0. The van der Waals surface area contributed by atoms with Crippen molar-refractivity contribution in [1.29, 1.82) is 0 Å². The monoisotopic (exact) mass is 1150 g/mol. The number of likely N-dealkylation sites (N-methyl/N-ethyl adjacent to an activating group) is 1. The first-order valence-corrected chi connectivity index (χ1v) is 29.5. The van der Waals surface area contributed by atoms with Crippen LogP contribution in [0.5, 0.6) is 5.75 Å². The predicted molar refractivity (Wildman–Crippen MR) is 317 cm³/mol. The number of β-amino-alcohol motifs (C(OH)–C–C–N with tert-alkyl or cyclic N) is 1. The number of unbranched alkanes of at least 4 members (excludes halogenated alkanes) is 6. The van der Waals surface area contributed by atoms with E-state index in [1.165, 1.54) is 29.4 Å². The summed E-state index contributed by atoms with van der Waals surface area (Å²) in [5.41, 5.74) is 6.61. The Labute approximate surface area is 483 Å². The molecule has 6 aromatic rings. The van der Waals surface area contributed by atoms with Crippen molar-refractivity contribution >= 4 is 74.7 Å². The van der Waals surface area contributed by atoms with E-state index in [-0.39, 0.29) is 54.1 Å². The highest BCUT2D eigenvalue weighted by atomic mass is 35.5. The van der Waals surface area contributed by atoms with Gasteiger partial charge < -0.3 is 40.9 Å². The number of aliphatic hydroxyl groups excluding tert-OH is 1. The third-order valence-electron chi connectivity index (χ3n) is 14.5. The maximum Gasteiger partial charge on any atom is 0.248 e. The molecule has 0 radical (unpaired) electrons. The molecule has 81 heavy (non-hydrogen) atoms. The lowest BCUT2D eigenvalue weighted by molar-refractivity contribution is -0.144. The number of nitrogens with one attached hydrogen (secondary N) is 4. The minimum atomic E-state index is -0.881. The lowest BCUT2D eigenvalue weighted by atomic mass is 9.85. The molecule has 1 aliphatic heterocycles. The second-order valence-corrected chi connectivity index (χ2v) is 23.0. The molecule has 1 fully saturated rings. The molecule has 0 spiro atoms. The van der Waals surface area contributed by atoms with E-state index in [9.17, 15) is 28.7 Å². The number of rotatable bonds is 29. The molecule has 434 valence electrons. The van der Waals surface area contributed by atoms with Crippen LogP contribution in [0.3, 0.4) is 0 Å². The quantitative estimate of drug-likeness (QED) is 0.0218. The molecule has 3 aromatic heterocycles. The molecule has 7 rings (SSSR count). The summed E-state index contributed by atoms with van der Waals surface area (Å²) in [6.45, 7) is 17.2. The molecule has 18 nitrogen and oxygen atoms in total. The molecule has 21 heteroatoms. The maximum atomic E-state index is 14.2. The van der Waals surface area contributed by atoms with E-state index >= 15 is 0 Å². The summed E-state index contributed by atoms with van der Waals surface area (Å²) in [4.78, 5) is 72.3. The molecule has 1 saturated heterocycles. The van der Waals surface area contributed by atoms with Gasteiger partial charge in [0.1, 0.15) is 35.8 Å². The van der Waals surface area contributed by atoms with Crippen molar-refractivity contribution in [3.63, 3.8) is 0 Å². The normalized spacial score (nSPS) is 15.3. The van der Waals surface area contributed by atoms with E-state index in [0.717, 1.165) is 98.4 Å². The lowest BCUT2D eigenvalue weighted by Crippen LogP contribution is -2.57. The third kappa shape index (κ3) is 17.8. The molecule has 5 N–H and O–H groups in total. The Bertz CT molecular complexity index is 3090. The van der Waals surface area contributed by atoms with Crippen molar-refractivity contribution in [2.45, 2.75) is 150 Å². The lowest BCUT2D eigenvalue weighted by Gasteiger charge is -2.35. The molecular formula is C60H78ClFN12O6S. The van der Waals surface area contributed by atoms with Crippen LogP contribution >= 0.6 is 22.9 Å². The largest absolute Gasteiger partial charge is 0.491 e.